The van der Waals surface area contributed by atoms with E-state index in [1.807, 2.05) is 6.07 Å². The minimum Gasteiger partial charge on any atom is -0.370 e. The lowest BCUT2D eigenvalue weighted by Gasteiger charge is -2.31. The monoisotopic (exact) mass is 313 g/mol. The van der Waals surface area contributed by atoms with E-state index in [4.69, 9.17) is 0 Å². The number of carbonyl (C=O) groups is 1. The van der Waals surface area contributed by atoms with Crippen molar-refractivity contribution in [3.05, 3.63) is 54.0 Å². The summed E-state index contributed by atoms with van der Waals surface area (Å²) < 4.78 is 13.2. The Hall–Kier alpha value is -2.43. The van der Waals surface area contributed by atoms with Crippen LogP contribution in [0.3, 0.4) is 0 Å². The molecule has 2 aromatic rings. The second-order valence-corrected chi connectivity index (χ2v) is 6.04. The average molecular weight is 313 g/mol. The Labute approximate surface area is 135 Å². The van der Waals surface area contributed by atoms with Gasteiger partial charge in [-0.1, -0.05) is 13.0 Å². The fourth-order valence-corrected chi connectivity index (χ4v) is 2.73. The summed E-state index contributed by atoms with van der Waals surface area (Å²) in [5, 5.41) is 2.69. The third-order valence-electron chi connectivity index (χ3n) is 4.23. The molecule has 1 aliphatic rings. The Morgan fingerprint density at radius 1 is 1.26 bits per heavy atom. The second kappa shape index (κ2) is 6.77. The molecule has 1 N–H and O–H groups in total. The highest BCUT2D eigenvalue weighted by molar-refractivity contribution is 6.03. The predicted octanol–water partition coefficient (Wildman–Crippen LogP) is 3.71. The fourth-order valence-electron chi connectivity index (χ4n) is 2.73. The molecule has 5 heteroatoms. The molecule has 1 aromatic heterocycles. The van der Waals surface area contributed by atoms with Gasteiger partial charge in [0.2, 0.25) is 0 Å². The zero-order chi connectivity index (χ0) is 16.2. The predicted molar refractivity (Wildman–Crippen MR) is 89.2 cm³/mol. The summed E-state index contributed by atoms with van der Waals surface area (Å²) in [5.41, 5.74) is 1.35. The lowest BCUT2D eigenvalue weighted by Crippen LogP contribution is -2.32. The van der Waals surface area contributed by atoms with Crippen LogP contribution in [-0.4, -0.2) is 24.0 Å². The Morgan fingerprint density at radius 2 is 2.04 bits per heavy atom. The van der Waals surface area contributed by atoms with Crippen LogP contribution in [0.25, 0.3) is 0 Å². The van der Waals surface area contributed by atoms with Gasteiger partial charge in [-0.15, -0.1) is 0 Å². The van der Waals surface area contributed by atoms with Crippen molar-refractivity contribution in [1.29, 1.82) is 0 Å². The summed E-state index contributed by atoms with van der Waals surface area (Å²) in [7, 11) is 0. The Bertz CT molecular complexity index is 679. The number of carbonyl (C=O) groups excluding carboxylic acids is 1. The number of benzene rings is 1. The maximum atomic E-state index is 13.2. The molecule has 0 radical (unpaired) electrons. The van der Waals surface area contributed by atoms with Crippen molar-refractivity contribution in [2.45, 2.75) is 19.8 Å². The topological polar surface area (TPSA) is 45.2 Å². The average Bonchev–Trinajstić information content (AvgIpc) is 2.56. The van der Waals surface area contributed by atoms with Gasteiger partial charge in [0, 0.05) is 18.7 Å². The van der Waals surface area contributed by atoms with E-state index in [1.165, 1.54) is 31.0 Å². The first-order valence-corrected chi connectivity index (χ1v) is 7.90. The van der Waals surface area contributed by atoms with Gasteiger partial charge in [-0.25, -0.2) is 9.37 Å². The quantitative estimate of drug-likeness (QED) is 0.939. The lowest BCUT2D eigenvalue weighted by atomic mass is 9.99. The van der Waals surface area contributed by atoms with Crippen molar-refractivity contribution in [3.63, 3.8) is 0 Å². The molecule has 1 aromatic carbocycles. The number of halogens is 1. The van der Waals surface area contributed by atoms with Crippen LogP contribution in [0.2, 0.25) is 0 Å². The summed E-state index contributed by atoms with van der Waals surface area (Å²) >= 11 is 0. The van der Waals surface area contributed by atoms with Gasteiger partial charge in [-0.3, -0.25) is 4.79 Å². The van der Waals surface area contributed by atoms with Crippen molar-refractivity contribution in [2.24, 2.45) is 5.92 Å². The number of aromatic nitrogens is 1. The van der Waals surface area contributed by atoms with Crippen LogP contribution >= 0.6 is 0 Å². The minimum absolute atomic E-state index is 0.279. The summed E-state index contributed by atoms with van der Waals surface area (Å²) in [6, 6.07) is 9.34. The molecule has 0 spiro atoms. The van der Waals surface area contributed by atoms with E-state index < -0.39 is 5.82 Å². The van der Waals surface area contributed by atoms with E-state index in [2.05, 4.69) is 22.1 Å². The number of nitrogens with zero attached hydrogens (tertiary/aromatic N) is 2. The van der Waals surface area contributed by atoms with Gasteiger partial charge in [0.25, 0.3) is 5.91 Å². The largest absolute Gasteiger partial charge is 0.370 e. The molecular weight excluding hydrogens is 293 g/mol. The third kappa shape index (κ3) is 3.86. The van der Waals surface area contributed by atoms with Gasteiger partial charge in [0.05, 0.1) is 11.9 Å². The highest BCUT2D eigenvalue weighted by Crippen LogP contribution is 2.23. The van der Waals surface area contributed by atoms with Crippen LogP contribution in [0, 0.1) is 11.7 Å². The molecular formula is C18H20FN3O. The van der Waals surface area contributed by atoms with Crippen molar-refractivity contribution in [3.8, 4) is 0 Å². The molecule has 4 nitrogen and oxygen atoms in total. The molecule has 2 heterocycles. The number of pyridine rings is 1. The molecule has 1 amide bonds. The number of amides is 1. The molecule has 3 rings (SSSR count). The fraction of sp³-hybridized carbons (Fsp3) is 0.333. The molecule has 0 saturated carbocycles. The molecule has 23 heavy (non-hydrogen) atoms. The van der Waals surface area contributed by atoms with E-state index in [-0.39, 0.29) is 11.5 Å². The van der Waals surface area contributed by atoms with Gasteiger partial charge in [-0.05, 0) is 49.1 Å². The number of nitrogens with one attached hydrogen (secondary N) is 1. The van der Waals surface area contributed by atoms with Gasteiger partial charge in [0.1, 0.15) is 11.6 Å². The molecule has 120 valence electrons. The smallest absolute Gasteiger partial charge is 0.256 e. The van der Waals surface area contributed by atoms with E-state index in [0.29, 0.717) is 5.82 Å². The standard InChI is InChI=1S/C18H20FN3O/c1-13-7-9-22(10-8-13)16-5-6-17(20-12-16)21-18(23)14-3-2-4-15(19)11-14/h2-6,11-13H,7-10H2,1H3,(H,20,21,23). The highest BCUT2D eigenvalue weighted by Gasteiger charge is 2.16. The molecule has 0 bridgehead atoms. The van der Waals surface area contributed by atoms with Gasteiger partial charge in [-0.2, -0.15) is 0 Å². The summed E-state index contributed by atoms with van der Waals surface area (Å²) in [4.78, 5) is 18.7. The third-order valence-corrected chi connectivity index (χ3v) is 4.23. The minimum atomic E-state index is -0.430. The van der Waals surface area contributed by atoms with E-state index >= 15 is 0 Å². The first kappa shape index (κ1) is 15.5. The molecule has 0 atom stereocenters. The SMILES string of the molecule is CC1CCN(c2ccc(NC(=O)c3cccc(F)c3)nc2)CC1. The van der Waals surface area contributed by atoms with Gasteiger partial charge >= 0.3 is 0 Å². The number of anilines is 2. The molecule has 1 saturated heterocycles. The molecule has 1 aliphatic heterocycles. The number of hydrogen-bond acceptors (Lipinski definition) is 3. The maximum Gasteiger partial charge on any atom is 0.256 e. The zero-order valence-corrected chi connectivity index (χ0v) is 13.1. The van der Waals surface area contributed by atoms with Crippen LogP contribution in [0.4, 0.5) is 15.9 Å². The Balaban J connectivity index is 1.64. The molecule has 0 unspecified atom stereocenters. The number of rotatable bonds is 3. The van der Waals surface area contributed by atoms with Crippen LogP contribution < -0.4 is 10.2 Å². The summed E-state index contributed by atoms with van der Waals surface area (Å²) in [6.45, 7) is 4.36. The van der Waals surface area contributed by atoms with E-state index in [9.17, 15) is 9.18 Å². The molecule has 1 fully saturated rings. The summed E-state index contributed by atoms with van der Waals surface area (Å²) in [5.74, 6) is 0.453. The Morgan fingerprint density at radius 3 is 2.70 bits per heavy atom. The second-order valence-electron chi connectivity index (χ2n) is 6.04. The zero-order valence-electron chi connectivity index (χ0n) is 13.1. The lowest BCUT2D eigenvalue weighted by molar-refractivity contribution is 0.102. The van der Waals surface area contributed by atoms with Crippen molar-refractivity contribution >= 4 is 17.4 Å². The van der Waals surface area contributed by atoms with Gasteiger partial charge in [0.15, 0.2) is 0 Å². The van der Waals surface area contributed by atoms with Crippen molar-refractivity contribution in [1.82, 2.24) is 4.98 Å². The van der Waals surface area contributed by atoms with Gasteiger partial charge < -0.3 is 10.2 Å². The highest BCUT2D eigenvalue weighted by atomic mass is 19.1. The first-order valence-electron chi connectivity index (χ1n) is 7.90. The van der Waals surface area contributed by atoms with Crippen LogP contribution in [0.1, 0.15) is 30.1 Å². The number of hydrogen-bond donors (Lipinski definition) is 1. The van der Waals surface area contributed by atoms with E-state index in [1.54, 1.807) is 18.3 Å². The molecule has 0 aliphatic carbocycles. The summed E-state index contributed by atoms with van der Waals surface area (Å²) in [6.07, 6.45) is 4.16. The van der Waals surface area contributed by atoms with E-state index in [0.717, 1.165) is 24.7 Å². The Kier molecular flexibility index (Phi) is 4.55. The first-order chi connectivity index (χ1) is 11.1. The van der Waals surface area contributed by atoms with Crippen LogP contribution in [0.15, 0.2) is 42.6 Å². The number of piperidine rings is 1. The maximum absolute atomic E-state index is 13.2. The van der Waals surface area contributed by atoms with Crippen molar-refractivity contribution < 1.29 is 9.18 Å². The van der Waals surface area contributed by atoms with Crippen LogP contribution in [-0.2, 0) is 0 Å². The van der Waals surface area contributed by atoms with Crippen LogP contribution in [0.5, 0.6) is 0 Å². The van der Waals surface area contributed by atoms with Crippen molar-refractivity contribution in [2.75, 3.05) is 23.3 Å². The normalized spacial score (nSPS) is 15.5.